The predicted octanol–water partition coefficient (Wildman–Crippen LogP) is 4.56. The van der Waals surface area contributed by atoms with Crippen LogP contribution in [0.4, 0.5) is 0 Å². The maximum absolute atomic E-state index is 13.2. The van der Waals surface area contributed by atoms with Crippen molar-refractivity contribution < 1.29 is 9.53 Å². The molecule has 1 aliphatic rings. The second kappa shape index (κ2) is 8.61. The van der Waals surface area contributed by atoms with E-state index >= 15 is 0 Å². The molecule has 4 nitrogen and oxygen atoms in total. The SMILES string of the molecule is CCCc1nccn1C[C@H]1CC(c2ccccc2)(c2ccccc2)C(=O)O1.Cl. The standard InChI is InChI=1S/C23H24N2O2.ClH/c1-2-9-21-24-14-15-25(21)17-20-16-23(22(26)27-20,18-10-5-3-6-11-18)19-12-7-4-8-13-19;/h3-8,10-15,20H,2,9,16-17H2,1H3;1H/t20-;/m1./s1. The van der Waals surface area contributed by atoms with Gasteiger partial charge in [0.15, 0.2) is 0 Å². The molecule has 2 aromatic carbocycles. The second-order valence-corrected chi connectivity index (χ2v) is 7.11. The van der Waals surface area contributed by atoms with Gasteiger partial charge in [0.05, 0.1) is 6.54 Å². The van der Waals surface area contributed by atoms with Crippen LogP contribution >= 0.6 is 12.4 Å². The predicted molar refractivity (Wildman–Crippen MR) is 112 cm³/mol. The number of rotatable bonds is 6. The molecule has 0 unspecified atom stereocenters. The Bertz CT molecular complexity index is 869. The average molecular weight is 397 g/mol. The van der Waals surface area contributed by atoms with E-state index in [-0.39, 0.29) is 24.5 Å². The molecule has 5 heteroatoms. The lowest BCUT2D eigenvalue weighted by Crippen LogP contribution is -2.33. The van der Waals surface area contributed by atoms with E-state index in [9.17, 15) is 4.79 Å². The number of imidazole rings is 1. The monoisotopic (exact) mass is 396 g/mol. The molecule has 1 aliphatic heterocycles. The Balaban J connectivity index is 0.00000225. The molecule has 1 saturated heterocycles. The summed E-state index contributed by atoms with van der Waals surface area (Å²) >= 11 is 0. The zero-order valence-electron chi connectivity index (χ0n) is 16.0. The minimum Gasteiger partial charge on any atom is -0.459 e. The number of esters is 1. The largest absolute Gasteiger partial charge is 0.459 e. The number of hydrogen-bond donors (Lipinski definition) is 0. The van der Waals surface area contributed by atoms with Crippen LogP contribution in [0, 0.1) is 0 Å². The van der Waals surface area contributed by atoms with Crippen LogP contribution in [-0.4, -0.2) is 21.6 Å². The van der Waals surface area contributed by atoms with Crippen molar-refractivity contribution in [1.82, 2.24) is 9.55 Å². The zero-order chi connectivity index (χ0) is 18.7. The fraction of sp³-hybridized carbons (Fsp3) is 0.304. The molecule has 0 amide bonds. The molecule has 1 fully saturated rings. The summed E-state index contributed by atoms with van der Waals surface area (Å²) in [6.07, 6.45) is 6.22. The van der Waals surface area contributed by atoms with Crippen LogP contribution < -0.4 is 0 Å². The smallest absolute Gasteiger partial charge is 0.321 e. The van der Waals surface area contributed by atoms with Crippen LogP contribution in [-0.2, 0) is 27.9 Å². The molecule has 1 aromatic heterocycles. The van der Waals surface area contributed by atoms with Gasteiger partial charge in [0, 0.05) is 25.2 Å². The fourth-order valence-corrected chi connectivity index (χ4v) is 4.08. The van der Waals surface area contributed by atoms with Crippen LogP contribution in [0.3, 0.4) is 0 Å². The van der Waals surface area contributed by atoms with Gasteiger partial charge < -0.3 is 9.30 Å². The van der Waals surface area contributed by atoms with E-state index in [1.54, 1.807) is 0 Å². The number of cyclic esters (lactones) is 1. The molecule has 4 rings (SSSR count). The lowest BCUT2D eigenvalue weighted by molar-refractivity contribution is -0.145. The molecule has 0 N–H and O–H groups in total. The van der Waals surface area contributed by atoms with Crippen LogP contribution in [0.25, 0.3) is 0 Å². The third-order valence-electron chi connectivity index (χ3n) is 5.36. The molecule has 0 saturated carbocycles. The zero-order valence-corrected chi connectivity index (χ0v) is 16.8. The van der Waals surface area contributed by atoms with Crippen LogP contribution in [0.5, 0.6) is 0 Å². The minimum absolute atomic E-state index is 0. The Hall–Kier alpha value is -2.59. The topological polar surface area (TPSA) is 44.1 Å². The Labute approximate surface area is 172 Å². The lowest BCUT2D eigenvalue weighted by atomic mass is 9.72. The van der Waals surface area contributed by atoms with E-state index in [2.05, 4.69) is 16.5 Å². The van der Waals surface area contributed by atoms with Crippen molar-refractivity contribution in [2.24, 2.45) is 0 Å². The van der Waals surface area contributed by atoms with Crippen molar-refractivity contribution >= 4 is 18.4 Å². The lowest BCUT2D eigenvalue weighted by Gasteiger charge is -2.26. The van der Waals surface area contributed by atoms with E-state index in [1.165, 1.54) is 0 Å². The third kappa shape index (κ3) is 3.57. The maximum atomic E-state index is 13.2. The fourth-order valence-electron chi connectivity index (χ4n) is 4.08. The number of aryl methyl sites for hydroxylation is 1. The van der Waals surface area contributed by atoms with E-state index in [0.29, 0.717) is 13.0 Å². The third-order valence-corrected chi connectivity index (χ3v) is 5.36. The number of carbonyl (C=O) groups excluding carboxylic acids is 1. The average Bonchev–Trinajstić information content (AvgIpc) is 3.28. The minimum atomic E-state index is -0.751. The number of nitrogens with zero attached hydrogens (tertiary/aromatic N) is 2. The summed E-state index contributed by atoms with van der Waals surface area (Å²) in [7, 11) is 0. The highest BCUT2D eigenvalue weighted by atomic mass is 35.5. The van der Waals surface area contributed by atoms with Gasteiger partial charge in [-0.3, -0.25) is 4.79 Å². The van der Waals surface area contributed by atoms with Crippen molar-refractivity contribution in [3.63, 3.8) is 0 Å². The van der Waals surface area contributed by atoms with Gasteiger partial charge >= 0.3 is 5.97 Å². The van der Waals surface area contributed by atoms with E-state index in [4.69, 9.17) is 4.74 Å². The van der Waals surface area contributed by atoms with Gasteiger partial charge in [-0.15, -0.1) is 12.4 Å². The second-order valence-electron chi connectivity index (χ2n) is 7.11. The number of halogens is 1. The number of ether oxygens (including phenoxy) is 1. The van der Waals surface area contributed by atoms with Gasteiger partial charge in [-0.2, -0.15) is 0 Å². The molecule has 0 bridgehead atoms. The summed E-state index contributed by atoms with van der Waals surface area (Å²) < 4.78 is 8.02. The number of aromatic nitrogens is 2. The number of benzene rings is 2. The first kappa shape index (κ1) is 20.2. The molecule has 1 atom stereocenters. The van der Waals surface area contributed by atoms with Crippen molar-refractivity contribution in [3.05, 3.63) is 90.0 Å². The molecule has 2 heterocycles. The van der Waals surface area contributed by atoms with Crippen LogP contribution in [0.1, 0.15) is 36.7 Å². The molecule has 0 aliphatic carbocycles. The van der Waals surface area contributed by atoms with Crippen molar-refractivity contribution in [1.29, 1.82) is 0 Å². The Morgan fingerprint density at radius 2 is 1.68 bits per heavy atom. The quantitative estimate of drug-likeness (QED) is 0.574. The van der Waals surface area contributed by atoms with Gasteiger partial charge in [-0.25, -0.2) is 4.98 Å². The summed E-state index contributed by atoms with van der Waals surface area (Å²) in [6.45, 7) is 2.78. The Morgan fingerprint density at radius 3 is 2.25 bits per heavy atom. The van der Waals surface area contributed by atoms with Crippen LogP contribution in [0.15, 0.2) is 73.1 Å². The first-order valence-corrected chi connectivity index (χ1v) is 9.56. The van der Waals surface area contributed by atoms with E-state index in [0.717, 1.165) is 29.8 Å². The summed E-state index contributed by atoms with van der Waals surface area (Å²) in [5.74, 6) is 0.882. The first-order chi connectivity index (χ1) is 13.2. The number of carbonyl (C=O) groups is 1. The molecule has 28 heavy (non-hydrogen) atoms. The van der Waals surface area contributed by atoms with Gasteiger partial charge in [-0.1, -0.05) is 67.6 Å². The first-order valence-electron chi connectivity index (χ1n) is 9.56. The van der Waals surface area contributed by atoms with E-state index < -0.39 is 5.41 Å². The maximum Gasteiger partial charge on any atom is 0.321 e. The number of hydrogen-bond acceptors (Lipinski definition) is 3. The normalized spacial score (nSPS) is 17.8. The molecule has 3 aromatic rings. The van der Waals surface area contributed by atoms with Gasteiger partial charge in [0.25, 0.3) is 0 Å². The summed E-state index contributed by atoms with van der Waals surface area (Å²) in [5.41, 5.74) is 1.23. The highest BCUT2D eigenvalue weighted by Crippen LogP contribution is 2.43. The van der Waals surface area contributed by atoms with Crippen molar-refractivity contribution in [2.45, 2.75) is 44.2 Å². The van der Waals surface area contributed by atoms with Gasteiger partial charge in [0.2, 0.25) is 0 Å². The van der Waals surface area contributed by atoms with Crippen molar-refractivity contribution in [3.8, 4) is 0 Å². The molecule has 0 spiro atoms. The summed E-state index contributed by atoms with van der Waals surface area (Å²) in [4.78, 5) is 17.6. The van der Waals surface area contributed by atoms with Gasteiger partial charge in [-0.05, 0) is 17.5 Å². The van der Waals surface area contributed by atoms with Gasteiger partial charge in [0.1, 0.15) is 17.3 Å². The van der Waals surface area contributed by atoms with E-state index in [1.807, 2.05) is 73.1 Å². The summed E-state index contributed by atoms with van der Waals surface area (Å²) in [6, 6.07) is 20.0. The van der Waals surface area contributed by atoms with Crippen molar-refractivity contribution in [2.75, 3.05) is 0 Å². The molecular weight excluding hydrogens is 372 g/mol. The highest BCUT2D eigenvalue weighted by molar-refractivity contribution is 5.89. The molecular formula is C23H25ClN2O2. The molecule has 0 radical (unpaired) electrons. The summed E-state index contributed by atoms with van der Waals surface area (Å²) in [5, 5.41) is 0. The highest BCUT2D eigenvalue weighted by Gasteiger charge is 2.51. The Morgan fingerprint density at radius 1 is 1.07 bits per heavy atom. The molecule has 146 valence electrons. The van der Waals surface area contributed by atoms with Crippen LogP contribution in [0.2, 0.25) is 0 Å². The Kier molecular flexibility index (Phi) is 6.20.